The van der Waals surface area contributed by atoms with E-state index in [1.54, 1.807) is 4.90 Å². The minimum absolute atomic E-state index is 0.0676. The van der Waals surface area contributed by atoms with Gasteiger partial charge in [-0.1, -0.05) is 84.0 Å². The number of hydrogen-bond acceptors (Lipinski definition) is 5. The molecule has 0 aliphatic heterocycles. The Morgan fingerprint density at radius 1 is 0.828 bits per heavy atom. The van der Waals surface area contributed by atoms with E-state index in [9.17, 15) is 13.2 Å². The number of likely N-dealkylation sites (N-methyl/N-ethyl adjacent to an activating group) is 1. The van der Waals surface area contributed by atoms with Crippen molar-refractivity contribution < 1.29 is 27.1 Å². The quantitative estimate of drug-likeness (QED) is 0.236. The van der Waals surface area contributed by atoms with E-state index in [1.165, 1.54) is 77.0 Å². The van der Waals surface area contributed by atoms with Gasteiger partial charge in [-0.15, -0.1) is 0 Å². The summed E-state index contributed by atoms with van der Waals surface area (Å²) in [5.74, 6) is 0.199. The van der Waals surface area contributed by atoms with Crippen LogP contribution in [-0.2, 0) is 19.4 Å². The Balaban J connectivity index is 0. The molecule has 0 fully saturated rings. The number of hydrogen-bond donors (Lipinski definition) is 2. The molecule has 0 spiro atoms. The van der Waals surface area contributed by atoms with Crippen molar-refractivity contribution in [2.24, 2.45) is 0 Å². The van der Waals surface area contributed by atoms with Crippen molar-refractivity contribution in [3.8, 4) is 0 Å². The fraction of sp³-hybridized carbons (Fsp3) is 0.952. The molecule has 0 aliphatic carbocycles. The topological polar surface area (TPSA) is 104 Å². The number of aliphatic hydroxyl groups excluding tert-OH is 1. The van der Waals surface area contributed by atoms with E-state index in [4.69, 9.17) is 9.66 Å². The highest BCUT2D eigenvalue weighted by molar-refractivity contribution is 7.80. The molecule has 0 rings (SSSR count). The number of rotatable bonds is 18. The molecule has 176 valence electrons. The molecular formula is C21H45NO6S. The largest absolute Gasteiger partial charge is 0.397 e. The van der Waals surface area contributed by atoms with E-state index < -0.39 is 10.4 Å². The van der Waals surface area contributed by atoms with Gasteiger partial charge in [0.15, 0.2) is 0 Å². The minimum Gasteiger partial charge on any atom is -0.395 e. The minimum atomic E-state index is -4.16. The summed E-state index contributed by atoms with van der Waals surface area (Å²) in [5, 5.41) is 8.91. The molecule has 0 aliphatic rings. The van der Waals surface area contributed by atoms with Gasteiger partial charge >= 0.3 is 10.4 Å². The first-order valence-corrected chi connectivity index (χ1v) is 12.6. The van der Waals surface area contributed by atoms with Crippen molar-refractivity contribution in [2.75, 3.05) is 26.8 Å². The smallest absolute Gasteiger partial charge is 0.395 e. The van der Waals surface area contributed by atoms with Gasteiger partial charge < -0.3 is 10.0 Å². The first-order chi connectivity index (χ1) is 13.8. The molecule has 8 heteroatoms. The standard InChI is InChI=1S/C20H41NO2.CH4O4S/c1-3-5-6-7-8-9-10-11-12-13-14-15-16-17-20(23)21(4-2)18-19-22;1-5-6(2,3)4/h22H,3-19H2,1-2H3;1H3,(H,2,3,4). The maximum absolute atomic E-state index is 11.9. The number of unbranched alkanes of at least 4 members (excludes halogenated alkanes) is 12. The summed E-state index contributed by atoms with van der Waals surface area (Å²) in [5.41, 5.74) is 0. The molecule has 29 heavy (non-hydrogen) atoms. The third kappa shape index (κ3) is 25.3. The predicted molar refractivity (Wildman–Crippen MR) is 118 cm³/mol. The fourth-order valence-electron chi connectivity index (χ4n) is 3.03. The molecule has 0 aromatic rings. The average molecular weight is 440 g/mol. The number of aliphatic hydroxyl groups is 1. The summed E-state index contributed by atoms with van der Waals surface area (Å²) in [4.78, 5) is 13.6. The second-order valence-electron chi connectivity index (χ2n) is 7.28. The van der Waals surface area contributed by atoms with Crippen LogP contribution in [0.15, 0.2) is 0 Å². The molecule has 0 atom stereocenters. The molecule has 1 amide bonds. The van der Waals surface area contributed by atoms with Crippen LogP contribution in [0.1, 0.15) is 104 Å². The zero-order valence-corrected chi connectivity index (χ0v) is 19.7. The first-order valence-electron chi connectivity index (χ1n) is 11.2. The normalized spacial score (nSPS) is 11.1. The molecule has 0 heterocycles. The van der Waals surface area contributed by atoms with E-state index in [0.717, 1.165) is 13.5 Å². The lowest BCUT2D eigenvalue weighted by Gasteiger charge is -2.19. The zero-order valence-electron chi connectivity index (χ0n) is 18.9. The number of amides is 1. The van der Waals surface area contributed by atoms with Gasteiger partial charge in [0, 0.05) is 19.5 Å². The van der Waals surface area contributed by atoms with Crippen LogP contribution < -0.4 is 0 Å². The lowest BCUT2D eigenvalue weighted by atomic mass is 10.0. The molecule has 0 aromatic carbocycles. The van der Waals surface area contributed by atoms with Crippen LogP contribution in [0.25, 0.3) is 0 Å². The molecule has 0 saturated carbocycles. The fourth-order valence-corrected chi connectivity index (χ4v) is 3.03. The van der Waals surface area contributed by atoms with E-state index in [2.05, 4.69) is 11.1 Å². The summed E-state index contributed by atoms with van der Waals surface area (Å²) in [6.07, 6.45) is 17.9. The van der Waals surface area contributed by atoms with E-state index >= 15 is 0 Å². The maximum atomic E-state index is 11.9. The third-order valence-corrected chi connectivity index (χ3v) is 5.23. The van der Waals surface area contributed by atoms with Crippen molar-refractivity contribution in [1.29, 1.82) is 0 Å². The van der Waals surface area contributed by atoms with Crippen LogP contribution >= 0.6 is 0 Å². The molecule has 0 radical (unpaired) electrons. The van der Waals surface area contributed by atoms with Crippen molar-refractivity contribution in [3.63, 3.8) is 0 Å². The monoisotopic (exact) mass is 439 g/mol. The summed E-state index contributed by atoms with van der Waals surface area (Å²) in [6, 6.07) is 0. The number of carbonyl (C=O) groups is 1. The van der Waals surface area contributed by atoms with E-state index in [-0.39, 0.29) is 12.5 Å². The third-order valence-electron chi connectivity index (χ3n) is 4.81. The molecule has 0 unspecified atom stereocenters. The van der Waals surface area contributed by atoms with Gasteiger partial charge in [-0.3, -0.25) is 13.5 Å². The van der Waals surface area contributed by atoms with Crippen LogP contribution in [-0.4, -0.2) is 55.7 Å². The van der Waals surface area contributed by atoms with Crippen LogP contribution in [0.2, 0.25) is 0 Å². The van der Waals surface area contributed by atoms with E-state index in [0.29, 0.717) is 19.5 Å². The van der Waals surface area contributed by atoms with Crippen LogP contribution in [0.4, 0.5) is 0 Å². The predicted octanol–water partition coefficient (Wildman–Crippen LogP) is 4.74. The van der Waals surface area contributed by atoms with Crippen LogP contribution in [0, 0.1) is 0 Å². The summed E-state index contributed by atoms with van der Waals surface area (Å²) < 4.78 is 29.7. The van der Waals surface area contributed by atoms with Crippen molar-refractivity contribution in [2.45, 2.75) is 104 Å². The highest BCUT2D eigenvalue weighted by Gasteiger charge is 2.09. The SMILES string of the molecule is CCCCCCCCCCCCCCCC(=O)N(CC)CCO.COS(=O)(=O)O. The van der Waals surface area contributed by atoms with Crippen molar-refractivity contribution in [1.82, 2.24) is 4.90 Å². The van der Waals surface area contributed by atoms with Gasteiger partial charge in [-0.2, -0.15) is 8.42 Å². The Labute approximate surface area is 179 Å². The molecule has 0 saturated heterocycles. The van der Waals surface area contributed by atoms with Gasteiger partial charge in [-0.25, -0.2) is 0 Å². The zero-order chi connectivity index (χ0) is 22.4. The highest BCUT2D eigenvalue weighted by Crippen LogP contribution is 2.13. The van der Waals surface area contributed by atoms with Gasteiger partial charge in [0.2, 0.25) is 5.91 Å². The first kappa shape index (κ1) is 30.5. The van der Waals surface area contributed by atoms with Crippen molar-refractivity contribution >= 4 is 16.3 Å². The average Bonchev–Trinajstić information content (AvgIpc) is 2.69. The summed E-state index contributed by atoms with van der Waals surface area (Å²) in [7, 11) is -3.29. The summed E-state index contributed by atoms with van der Waals surface area (Å²) >= 11 is 0. The number of carbonyl (C=O) groups excluding carboxylic acids is 1. The highest BCUT2D eigenvalue weighted by atomic mass is 32.3. The van der Waals surface area contributed by atoms with Crippen LogP contribution in [0.3, 0.4) is 0 Å². The Bertz CT molecular complexity index is 456. The second-order valence-corrected chi connectivity index (χ2v) is 8.47. The molecule has 7 nitrogen and oxygen atoms in total. The lowest BCUT2D eigenvalue weighted by Crippen LogP contribution is -2.33. The van der Waals surface area contributed by atoms with E-state index in [1.807, 2.05) is 6.92 Å². The van der Waals surface area contributed by atoms with Gasteiger partial charge in [0.1, 0.15) is 0 Å². The Kier molecular flexibility index (Phi) is 23.1. The Morgan fingerprint density at radius 3 is 1.52 bits per heavy atom. The Hall–Kier alpha value is -0.700. The van der Waals surface area contributed by atoms with Gasteiger partial charge in [-0.05, 0) is 13.3 Å². The Morgan fingerprint density at radius 2 is 1.21 bits per heavy atom. The summed E-state index contributed by atoms with van der Waals surface area (Å²) in [6.45, 7) is 5.49. The molecule has 0 aromatic heterocycles. The number of nitrogens with zero attached hydrogens (tertiary/aromatic N) is 1. The molecule has 0 bridgehead atoms. The van der Waals surface area contributed by atoms with Gasteiger partial charge in [0.25, 0.3) is 0 Å². The van der Waals surface area contributed by atoms with Gasteiger partial charge in [0.05, 0.1) is 13.7 Å². The molecule has 2 N–H and O–H groups in total. The maximum Gasteiger partial charge on any atom is 0.397 e. The van der Waals surface area contributed by atoms with Crippen molar-refractivity contribution in [3.05, 3.63) is 0 Å². The lowest BCUT2D eigenvalue weighted by molar-refractivity contribution is -0.131. The molecular weight excluding hydrogens is 394 g/mol. The van der Waals surface area contributed by atoms with Crippen LogP contribution in [0.5, 0.6) is 0 Å². The second kappa shape index (κ2) is 22.0.